The van der Waals surface area contributed by atoms with E-state index in [4.69, 9.17) is 4.74 Å². The average Bonchev–Trinajstić information content (AvgIpc) is 2.64. The van der Waals surface area contributed by atoms with Crippen molar-refractivity contribution in [2.75, 3.05) is 0 Å². The predicted molar refractivity (Wildman–Crippen MR) is 61.3 cm³/mol. The fourth-order valence-electron chi connectivity index (χ4n) is 2.14. The molecule has 0 amide bonds. The van der Waals surface area contributed by atoms with Gasteiger partial charge in [0.1, 0.15) is 17.7 Å². The first-order valence-electron chi connectivity index (χ1n) is 5.90. The molecule has 94 valence electrons. The normalized spacial score (nSPS) is 25.9. The van der Waals surface area contributed by atoms with E-state index in [-0.39, 0.29) is 11.7 Å². The lowest BCUT2D eigenvalue weighted by Gasteiger charge is -2.17. The van der Waals surface area contributed by atoms with Crippen LogP contribution in [-0.2, 0) is 0 Å². The van der Waals surface area contributed by atoms with Crippen molar-refractivity contribution in [1.29, 1.82) is 0 Å². The molecule has 0 bridgehead atoms. The van der Waals surface area contributed by atoms with Gasteiger partial charge in [0.15, 0.2) is 0 Å². The Bertz CT molecular complexity index is 392. The van der Waals surface area contributed by atoms with Crippen LogP contribution in [0.1, 0.15) is 37.9 Å². The molecule has 3 nitrogen and oxygen atoms in total. The minimum atomic E-state index is -0.832. The van der Waals surface area contributed by atoms with E-state index in [2.05, 4.69) is 0 Å². The van der Waals surface area contributed by atoms with Crippen LogP contribution in [0.5, 0.6) is 5.75 Å². The number of halogens is 1. The summed E-state index contributed by atoms with van der Waals surface area (Å²) in [6, 6.07) is 4.39. The summed E-state index contributed by atoms with van der Waals surface area (Å²) in [7, 11) is 0. The van der Waals surface area contributed by atoms with Crippen molar-refractivity contribution in [3.05, 3.63) is 29.6 Å². The van der Waals surface area contributed by atoms with Gasteiger partial charge in [0.2, 0.25) is 0 Å². The summed E-state index contributed by atoms with van der Waals surface area (Å²) < 4.78 is 19.1. The van der Waals surface area contributed by atoms with Gasteiger partial charge in [0.25, 0.3) is 0 Å². The summed E-state index contributed by atoms with van der Waals surface area (Å²) in [6.45, 7) is 1.51. The van der Waals surface area contributed by atoms with E-state index in [1.165, 1.54) is 19.1 Å². The van der Waals surface area contributed by atoms with Gasteiger partial charge in [0, 0.05) is 11.6 Å². The number of hydrogen-bond acceptors (Lipinski definition) is 3. The van der Waals surface area contributed by atoms with E-state index >= 15 is 0 Å². The molecule has 0 heterocycles. The highest BCUT2D eigenvalue weighted by molar-refractivity contribution is 5.30. The Morgan fingerprint density at radius 1 is 1.41 bits per heavy atom. The van der Waals surface area contributed by atoms with Crippen LogP contribution in [0.15, 0.2) is 18.2 Å². The molecule has 2 rings (SSSR count). The van der Waals surface area contributed by atoms with Crippen molar-refractivity contribution in [3.63, 3.8) is 0 Å². The summed E-state index contributed by atoms with van der Waals surface area (Å²) in [5.74, 6) is -0.0807. The predicted octanol–water partition coefficient (Wildman–Crippen LogP) is 2.17. The van der Waals surface area contributed by atoms with Crippen LogP contribution < -0.4 is 4.74 Å². The Kier molecular flexibility index (Phi) is 3.64. The Labute approximate surface area is 99.8 Å². The topological polar surface area (TPSA) is 49.7 Å². The van der Waals surface area contributed by atoms with Gasteiger partial charge in [-0.3, -0.25) is 0 Å². The van der Waals surface area contributed by atoms with E-state index < -0.39 is 18.0 Å². The van der Waals surface area contributed by atoms with Crippen molar-refractivity contribution >= 4 is 0 Å². The van der Waals surface area contributed by atoms with Crippen molar-refractivity contribution < 1.29 is 19.3 Å². The lowest BCUT2D eigenvalue weighted by molar-refractivity contribution is 0.0601. The number of hydrogen-bond donors (Lipinski definition) is 2. The molecule has 1 aromatic rings. The number of aliphatic hydroxyl groups is 2. The van der Waals surface area contributed by atoms with E-state index in [1.54, 1.807) is 6.07 Å². The largest absolute Gasteiger partial charge is 0.488 e. The maximum absolute atomic E-state index is 13.6. The molecular weight excluding hydrogens is 223 g/mol. The van der Waals surface area contributed by atoms with Gasteiger partial charge >= 0.3 is 0 Å². The summed E-state index contributed by atoms with van der Waals surface area (Å²) in [4.78, 5) is 0. The second-order valence-electron chi connectivity index (χ2n) is 4.51. The molecule has 1 aliphatic carbocycles. The van der Waals surface area contributed by atoms with Gasteiger partial charge in [-0.2, -0.15) is 0 Å². The maximum Gasteiger partial charge on any atom is 0.132 e. The third kappa shape index (κ3) is 2.76. The third-order valence-corrected chi connectivity index (χ3v) is 3.13. The fourth-order valence-corrected chi connectivity index (χ4v) is 2.14. The second-order valence-corrected chi connectivity index (χ2v) is 4.51. The molecule has 4 heteroatoms. The van der Waals surface area contributed by atoms with Gasteiger partial charge in [-0.15, -0.1) is 0 Å². The zero-order valence-electron chi connectivity index (χ0n) is 9.77. The van der Waals surface area contributed by atoms with Crippen LogP contribution in [0, 0.1) is 5.82 Å². The highest BCUT2D eigenvalue weighted by Crippen LogP contribution is 2.27. The van der Waals surface area contributed by atoms with Gasteiger partial charge in [-0.25, -0.2) is 4.39 Å². The monoisotopic (exact) mass is 240 g/mol. The van der Waals surface area contributed by atoms with E-state index in [0.29, 0.717) is 5.75 Å². The zero-order valence-corrected chi connectivity index (χ0v) is 9.77. The molecule has 0 aromatic heterocycles. The molecule has 17 heavy (non-hydrogen) atoms. The standard InChI is InChI=1S/C13H17FO3/c1-8(15)10-6-5-9(7-11(10)14)17-13-4-2-3-12(13)16/h5-8,12-13,15-16H,2-4H2,1H3/t8-,12?,13?/m1/s1. The fraction of sp³-hybridized carbons (Fsp3) is 0.538. The summed E-state index contributed by atoms with van der Waals surface area (Å²) in [6.07, 6.45) is 0.919. The van der Waals surface area contributed by atoms with Crippen molar-refractivity contribution in [1.82, 2.24) is 0 Å². The summed E-state index contributed by atoms with van der Waals surface area (Å²) in [5.41, 5.74) is 0.254. The number of rotatable bonds is 3. The van der Waals surface area contributed by atoms with E-state index in [1.807, 2.05) is 0 Å². The molecule has 0 radical (unpaired) electrons. The van der Waals surface area contributed by atoms with Crippen molar-refractivity contribution in [2.24, 2.45) is 0 Å². The Balaban J connectivity index is 2.09. The molecule has 1 saturated carbocycles. The summed E-state index contributed by atoms with van der Waals surface area (Å²) >= 11 is 0. The van der Waals surface area contributed by atoms with Crippen LogP contribution in [0.4, 0.5) is 4.39 Å². The Hall–Kier alpha value is -1.13. The highest BCUT2D eigenvalue weighted by atomic mass is 19.1. The molecule has 3 atom stereocenters. The molecule has 2 N–H and O–H groups in total. The van der Waals surface area contributed by atoms with Crippen LogP contribution in [-0.4, -0.2) is 22.4 Å². The van der Waals surface area contributed by atoms with E-state index in [9.17, 15) is 14.6 Å². The maximum atomic E-state index is 13.6. The second kappa shape index (κ2) is 5.02. The molecule has 1 aromatic carbocycles. The first-order chi connectivity index (χ1) is 8.08. The quantitative estimate of drug-likeness (QED) is 0.851. The SMILES string of the molecule is C[C@@H](O)c1ccc(OC2CCCC2O)cc1F. The molecule has 1 aliphatic rings. The van der Waals surface area contributed by atoms with Crippen LogP contribution in [0.25, 0.3) is 0 Å². The lowest BCUT2D eigenvalue weighted by Crippen LogP contribution is -2.25. The molecular formula is C13H17FO3. The smallest absolute Gasteiger partial charge is 0.132 e. The minimum absolute atomic E-state index is 0.244. The Morgan fingerprint density at radius 3 is 2.71 bits per heavy atom. The molecule has 1 fully saturated rings. The number of ether oxygens (including phenoxy) is 1. The van der Waals surface area contributed by atoms with Crippen LogP contribution in [0.2, 0.25) is 0 Å². The van der Waals surface area contributed by atoms with Gasteiger partial charge in [-0.1, -0.05) is 0 Å². The molecule has 0 aliphatic heterocycles. The van der Waals surface area contributed by atoms with Crippen LogP contribution >= 0.6 is 0 Å². The number of aliphatic hydroxyl groups excluding tert-OH is 2. The third-order valence-electron chi connectivity index (χ3n) is 3.13. The van der Waals surface area contributed by atoms with Crippen molar-refractivity contribution in [2.45, 2.75) is 44.5 Å². The van der Waals surface area contributed by atoms with Gasteiger partial charge < -0.3 is 14.9 Å². The highest BCUT2D eigenvalue weighted by Gasteiger charge is 2.27. The van der Waals surface area contributed by atoms with Crippen molar-refractivity contribution in [3.8, 4) is 5.75 Å². The lowest BCUT2D eigenvalue weighted by atomic mass is 10.1. The molecule has 0 spiro atoms. The number of benzene rings is 1. The minimum Gasteiger partial charge on any atom is -0.488 e. The zero-order chi connectivity index (χ0) is 12.4. The van der Waals surface area contributed by atoms with Gasteiger partial charge in [0.05, 0.1) is 12.2 Å². The van der Waals surface area contributed by atoms with E-state index in [0.717, 1.165) is 19.3 Å². The molecule has 0 saturated heterocycles. The average molecular weight is 240 g/mol. The molecule has 2 unspecified atom stereocenters. The first kappa shape index (κ1) is 12.3. The van der Waals surface area contributed by atoms with Gasteiger partial charge in [-0.05, 0) is 38.3 Å². The first-order valence-corrected chi connectivity index (χ1v) is 5.90. The summed E-state index contributed by atoms with van der Waals surface area (Å²) in [5, 5.41) is 18.9. The Morgan fingerprint density at radius 2 is 2.18 bits per heavy atom. The van der Waals surface area contributed by atoms with Crippen LogP contribution in [0.3, 0.4) is 0 Å².